The Kier molecular flexibility index (Phi) is 4.24. The molecule has 5 heteroatoms. The van der Waals surface area contributed by atoms with E-state index in [1.165, 1.54) is 0 Å². The molecule has 1 aliphatic heterocycles. The zero-order valence-corrected chi connectivity index (χ0v) is 15.5. The first kappa shape index (κ1) is 16.8. The van der Waals surface area contributed by atoms with Crippen molar-refractivity contribution in [2.24, 2.45) is 0 Å². The molecule has 1 aromatic heterocycles. The van der Waals surface area contributed by atoms with E-state index in [2.05, 4.69) is 27.6 Å². The lowest BCUT2D eigenvalue weighted by atomic mass is 10.1. The van der Waals surface area contributed by atoms with E-state index in [0.717, 1.165) is 47.6 Å². The van der Waals surface area contributed by atoms with Gasteiger partial charge in [-0.1, -0.05) is 12.1 Å². The number of likely N-dealkylation sites (tertiary alicyclic amines) is 1. The van der Waals surface area contributed by atoms with E-state index in [1.54, 1.807) is 0 Å². The summed E-state index contributed by atoms with van der Waals surface area (Å²) in [4.78, 5) is 21.6. The number of hydrogen-bond donors (Lipinski definition) is 0. The molecular formula is C21H24N4O. The van der Waals surface area contributed by atoms with Gasteiger partial charge in [-0.05, 0) is 63.3 Å². The summed E-state index contributed by atoms with van der Waals surface area (Å²) in [6.07, 6.45) is 1.04. The summed E-state index contributed by atoms with van der Waals surface area (Å²) in [6.45, 7) is 4.00. The van der Waals surface area contributed by atoms with E-state index in [9.17, 15) is 4.79 Å². The number of imidazole rings is 1. The molecule has 5 nitrogen and oxygen atoms in total. The lowest BCUT2D eigenvalue weighted by molar-refractivity contribution is 0.0737. The molecule has 1 amide bonds. The number of aryl methyl sites for hydroxylation is 1. The predicted octanol–water partition coefficient (Wildman–Crippen LogP) is 3.11. The van der Waals surface area contributed by atoms with E-state index in [1.807, 2.05) is 61.3 Å². The molecule has 2 heterocycles. The van der Waals surface area contributed by atoms with Gasteiger partial charge >= 0.3 is 0 Å². The molecule has 0 N–H and O–H groups in total. The highest BCUT2D eigenvalue weighted by molar-refractivity contribution is 5.94. The number of fused-ring (bicyclic) bond motifs is 1. The number of amides is 1. The second kappa shape index (κ2) is 6.57. The van der Waals surface area contributed by atoms with Crippen molar-refractivity contribution in [3.05, 3.63) is 59.9 Å². The first-order chi connectivity index (χ1) is 12.5. The Hall–Kier alpha value is -2.66. The quantitative estimate of drug-likeness (QED) is 0.730. The van der Waals surface area contributed by atoms with E-state index >= 15 is 0 Å². The maximum absolute atomic E-state index is 12.8. The molecule has 3 aromatic rings. The zero-order chi connectivity index (χ0) is 18.3. The van der Waals surface area contributed by atoms with E-state index in [4.69, 9.17) is 0 Å². The molecule has 0 spiro atoms. The second-order valence-corrected chi connectivity index (χ2v) is 7.15. The first-order valence-electron chi connectivity index (χ1n) is 9.05. The van der Waals surface area contributed by atoms with Crippen LogP contribution in [0.25, 0.3) is 16.7 Å². The van der Waals surface area contributed by atoms with Crippen LogP contribution in [0.15, 0.2) is 48.5 Å². The third-order valence-corrected chi connectivity index (χ3v) is 5.34. The van der Waals surface area contributed by atoms with Crippen LogP contribution < -0.4 is 0 Å². The average Bonchev–Trinajstić information content (AvgIpc) is 3.23. The van der Waals surface area contributed by atoms with Crippen LogP contribution in [-0.2, 0) is 0 Å². The lowest BCUT2D eigenvalue weighted by Crippen LogP contribution is -2.38. The lowest BCUT2D eigenvalue weighted by Gasteiger charge is -2.24. The minimum atomic E-state index is 0.0871. The fourth-order valence-electron chi connectivity index (χ4n) is 3.82. The fraction of sp³-hybridized carbons (Fsp3) is 0.333. The molecule has 26 heavy (non-hydrogen) atoms. The Morgan fingerprint density at radius 3 is 2.58 bits per heavy atom. The van der Waals surface area contributed by atoms with Crippen molar-refractivity contribution < 1.29 is 4.79 Å². The van der Waals surface area contributed by atoms with Gasteiger partial charge < -0.3 is 9.80 Å². The maximum Gasteiger partial charge on any atom is 0.253 e. The van der Waals surface area contributed by atoms with Crippen LogP contribution in [0, 0.1) is 6.92 Å². The van der Waals surface area contributed by atoms with Crippen molar-refractivity contribution in [2.75, 3.05) is 27.2 Å². The Labute approximate surface area is 153 Å². The predicted molar refractivity (Wildman–Crippen MR) is 104 cm³/mol. The molecule has 1 atom stereocenters. The van der Waals surface area contributed by atoms with Crippen molar-refractivity contribution in [3.63, 3.8) is 0 Å². The molecular weight excluding hydrogens is 324 g/mol. The van der Waals surface area contributed by atoms with Crippen LogP contribution in [0.3, 0.4) is 0 Å². The normalized spacial score (nSPS) is 17.7. The van der Waals surface area contributed by atoms with Crippen molar-refractivity contribution in [1.29, 1.82) is 0 Å². The van der Waals surface area contributed by atoms with E-state index < -0.39 is 0 Å². The first-order valence-corrected chi connectivity index (χ1v) is 9.05. The number of benzene rings is 2. The fourth-order valence-corrected chi connectivity index (χ4v) is 3.82. The van der Waals surface area contributed by atoms with Gasteiger partial charge in [-0.25, -0.2) is 4.98 Å². The molecule has 0 saturated carbocycles. The Bertz CT molecular complexity index is 944. The molecule has 1 fully saturated rings. The van der Waals surface area contributed by atoms with Crippen LogP contribution in [0.5, 0.6) is 0 Å². The molecule has 1 saturated heterocycles. The number of para-hydroxylation sites is 2. The summed E-state index contributed by atoms with van der Waals surface area (Å²) in [5, 5.41) is 0. The number of aromatic nitrogens is 2. The van der Waals surface area contributed by atoms with Crippen LogP contribution in [0.4, 0.5) is 0 Å². The third-order valence-electron chi connectivity index (χ3n) is 5.34. The van der Waals surface area contributed by atoms with Gasteiger partial charge in [0.05, 0.1) is 11.0 Å². The number of nitrogens with zero attached hydrogens (tertiary/aromatic N) is 4. The SMILES string of the molecule is Cc1nc2ccccc2n1-c1ccc(C(=O)N(C)[C@@H]2CCN(C)C2)cc1. The standard InChI is InChI=1S/C21H24N4O/c1-15-22-19-6-4-5-7-20(19)25(15)17-10-8-16(9-11-17)21(26)24(3)18-12-13-23(2)14-18/h4-11,18H,12-14H2,1-3H3/t18-/m1/s1. The summed E-state index contributed by atoms with van der Waals surface area (Å²) >= 11 is 0. The second-order valence-electron chi connectivity index (χ2n) is 7.15. The molecule has 1 aliphatic rings. The number of hydrogen-bond acceptors (Lipinski definition) is 3. The molecule has 0 bridgehead atoms. The average molecular weight is 348 g/mol. The van der Waals surface area contributed by atoms with E-state index in [-0.39, 0.29) is 5.91 Å². The van der Waals surface area contributed by atoms with Gasteiger partial charge in [0, 0.05) is 30.9 Å². The minimum Gasteiger partial charge on any atom is -0.337 e. The van der Waals surface area contributed by atoms with Gasteiger partial charge in [0.2, 0.25) is 0 Å². The number of carbonyl (C=O) groups is 1. The van der Waals surface area contributed by atoms with Crippen molar-refractivity contribution in [1.82, 2.24) is 19.4 Å². The van der Waals surface area contributed by atoms with Crippen LogP contribution >= 0.6 is 0 Å². The highest BCUT2D eigenvalue weighted by atomic mass is 16.2. The minimum absolute atomic E-state index is 0.0871. The monoisotopic (exact) mass is 348 g/mol. The van der Waals surface area contributed by atoms with Gasteiger partial charge in [-0.3, -0.25) is 9.36 Å². The van der Waals surface area contributed by atoms with Gasteiger partial charge in [-0.2, -0.15) is 0 Å². The van der Waals surface area contributed by atoms with Gasteiger partial charge in [0.15, 0.2) is 0 Å². The maximum atomic E-state index is 12.8. The number of rotatable bonds is 3. The largest absolute Gasteiger partial charge is 0.337 e. The zero-order valence-electron chi connectivity index (χ0n) is 15.5. The Morgan fingerprint density at radius 1 is 1.15 bits per heavy atom. The van der Waals surface area contributed by atoms with Gasteiger partial charge in [0.25, 0.3) is 5.91 Å². The summed E-state index contributed by atoms with van der Waals surface area (Å²) in [5.41, 5.74) is 3.81. The molecule has 0 aliphatic carbocycles. The van der Waals surface area contributed by atoms with E-state index in [0.29, 0.717) is 6.04 Å². The smallest absolute Gasteiger partial charge is 0.253 e. The highest BCUT2D eigenvalue weighted by Crippen LogP contribution is 2.22. The Balaban J connectivity index is 1.60. The highest BCUT2D eigenvalue weighted by Gasteiger charge is 2.27. The topological polar surface area (TPSA) is 41.4 Å². The number of likely N-dealkylation sites (N-methyl/N-ethyl adjacent to an activating group) is 2. The van der Waals surface area contributed by atoms with Gasteiger partial charge in [-0.15, -0.1) is 0 Å². The molecule has 0 radical (unpaired) electrons. The molecule has 4 rings (SSSR count). The van der Waals surface area contributed by atoms with Crippen LogP contribution in [-0.4, -0.2) is 58.5 Å². The van der Waals surface area contributed by atoms with Crippen LogP contribution in [0.2, 0.25) is 0 Å². The third kappa shape index (κ3) is 2.88. The van der Waals surface area contributed by atoms with Crippen molar-refractivity contribution >= 4 is 16.9 Å². The summed E-state index contributed by atoms with van der Waals surface area (Å²) in [7, 11) is 4.01. The number of carbonyl (C=O) groups excluding carboxylic acids is 1. The molecule has 2 aromatic carbocycles. The molecule has 134 valence electrons. The van der Waals surface area contributed by atoms with Crippen molar-refractivity contribution in [2.45, 2.75) is 19.4 Å². The summed E-state index contributed by atoms with van der Waals surface area (Å²) in [5.74, 6) is 1.03. The van der Waals surface area contributed by atoms with Crippen LogP contribution in [0.1, 0.15) is 22.6 Å². The van der Waals surface area contributed by atoms with Gasteiger partial charge in [0.1, 0.15) is 5.82 Å². The van der Waals surface area contributed by atoms with Crippen molar-refractivity contribution in [3.8, 4) is 5.69 Å². The molecule has 0 unspecified atom stereocenters. The Morgan fingerprint density at radius 2 is 1.88 bits per heavy atom. The summed E-state index contributed by atoms with van der Waals surface area (Å²) < 4.78 is 2.12. The summed E-state index contributed by atoms with van der Waals surface area (Å²) in [6, 6.07) is 16.2.